The van der Waals surface area contributed by atoms with Crippen LogP contribution in [0.1, 0.15) is 35.7 Å². The van der Waals surface area contributed by atoms with Gasteiger partial charge in [-0.25, -0.2) is 5.84 Å². The number of hydrogen-bond donors (Lipinski definition) is 2. The number of hydrogen-bond acceptors (Lipinski definition) is 5. The van der Waals surface area contributed by atoms with E-state index in [9.17, 15) is 4.79 Å². The Labute approximate surface area is 112 Å². The number of nitrogens with one attached hydrogen (secondary N) is 1. The first-order chi connectivity index (χ1) is 9.01. The van der Waals surface area contributed by atoms with Gasteiger partial charge in [0.15, 0.2) is 5.76 Å². The van der Waals surface area contributed by atoms with Gasteiger partial charge in [0, 0.05) is 18.2 Å². The van der Waals surface area contributed by atoms with Crippen molar-refractivity contribution in [2.24, 2.45) is 5.84 Å². The van der Waals surface area contributed by atoms with Crippen LogP contribution < -0.4 is 11.3 Å². The number of carbonyl (C=O) groups is 1. The summed E-state index contributed by atoms with van der Waals surface area (Å²) in [6, 6.07) is 2.23. The number of rotatable bonds is 3. The lowest BCUT2D eigenvalue weighted by Crippen LogP contribution is -2.46. The van der Waals surface area contributed by atoms with Gasteiger partial charge in [0.1, 0.15) is 5.76 Å². The Morgan fingerprint density at radius 3 is 3.00 bits per heavy atom. The lowest BCUT2D eigenvalue weighted by atomic mass is 10.2. The molecule has 19 heavy (non-hydrogen) atoms. The van der Waals surface area contributed by atoms with Crippen molar-refractivity contribution in [2.45, 2.75) is 39.5 Å². The van der Waals surface area contributed by atoms with Crippen molar-refractivity contribution in [1.82, 2.24) is 10.3 Å². The molecule has 0 aromatic carbocycles. The van der Waals surface area contributed by atoms with Crippen LogP contribution in [0.15, 0.2) is 10.5 Å². The summed E-state index contributed by atoms with van der Waals surface area (Å²) in [4.78, 5) is 13.8. The molecule has 3 N–H and O–H groups in total. The molecule has 0 radical (unpaired) electrons. The smallest absolute Gasteiger partial charge is 0.301 e. The molecule has 1 amide bonds. The van der Waals surface area contributed by atoms with Crippen LogP contribution in [0.3, 0.4) is 0 Å². The van der Waals surface area contributed by atoms with Crippen molar-refractivity contribution >= 4 is 5.91 Å². The van der Waals surface area contributed by atoms with Crippen molar-refractivity contribution in [3.05, 3.63) is 23.2 Å². The fraction of sp³-hybridized carbons (Fsp3) is 0.615. The molecule has 1 aliphatic heterocycles. The molecule has 6 nitrogen and oxygen atoms in total. The van der Waals surface area contributed by atoms with Gasteiger partial charge in [0.05, 0.1) is 19.3 Å². The van der Waals surface area contributed by atoms with Gasteiger partial charge in [0.2, 0.25) is 0 Å². The van der Waals surface area contributed by atoms with E-state index in [0.717, 1.165) is 24.5 Å². The molecule has 1 saturated heterocycles. The molecule has 2 rings (SSSR count). The third-order valence-electron chi connectivity index (χ3n) is 3.40. The maximum atomic E-state index is 11.5. The first-order valence-corrected chi connectivity index (χ1v) is 6.47. The fourth-order valence-electron chi connectivity index (χ4n) is 2.31. The maximum absolute atomic E-state index is 11.5. The number of amides is 1. The Balaban J connectivity index is 2.08. The Kier molecular flexibility index (Phi) is 4.24. The van der Waals surface area contributed by atoms with Crippen LogP contribution in [0, 0.1) is 6.92 Å². The van der Waals surface area contributed by atoms with Crippen molar-refractivity contribution in [2.75, 3.05) is 13.2 Å². The van der Waals surface area contributed by atoms with E-state index in [0.29, 0.717) is 12.6 Å². The molecule has 2 atom stereocenters. The van der Waals surface area contributed by atoms with Gasteiger partial charge in [0.25, 0.3) is 0 Å². The van der Waals surface area contributed by atoms with Gasteiger partial charge in [-0.2, -0.15) is 0 Å². The maximum Gasteiger partial charge on any atom is 0.301 e. The number of aryl methyl sites for hydroxylation is 1. The van der Waals surface area contributed by atoms with Crippen molar-refractivity contribution in [1.29, 1.82) is 0 Å². The summed E-state index contributed by atoms with van der Waals surface area (Å²) in [5.41, 5.74) is 2.89. The second kappa shape index (κ2) is 5.73. The van der Waals surface area contributed by atoms with Gasteiger partial charge in [-0.05, 0) is 26.8 Å². The Morgan fingerprint density at radius 1 is 1.58 bits per heavy atom. The summed E-state index contributed by atoms with van der Waals surface area (Å²) in [6.45, 7) is 8.27. The summed E-state index contributed by atoms with van der Waals surface area (Å²) in [5.74, 6) is 5.78. The fourth-order valence-corrected chi connectivity index (χ4v) is 2.31. The first kappa shape index (κ1) is 14.0. The van der Waals surface area contributed by atoms with Crippen LogP contribution in [0.4, 0.5) is 0 Å². The van der Waals surface area contributed by atoms with Crippen LogP contribution in [0.25, 0.3) is 0 Å². The normalized spacial score (nSPS) is 24.4. The van der Waals surface area contributed by atoms with E-state index in [4.69, 9.17) is 15.0 Å². The topological polar surface area (TPSA) is 80.7 Å². The Bertz CT molecular complexity index is 458. The van der Waals surface area contributed by atoms with E-state index in [1.54, 1.807) is 0 Å². The predicted octanol–water partition coefficient (Wildman–Crippen LogP) is 0.801. The quantitative estimate of drug-likeness (QED) is 0.481. The van der Waals surface area contributed by atoms with E-state index in [1.165, 1.54) is 0 Å². The number of nitrogens with two attached hydrogens (primary N) is 1. The molecule has 0 aliphatic carbocycles. The number of nitrogen functional groups attached to an aromatic ring is 1. The van der Waals surface area contributed by atoms with E-state index >= 15 is 0 Å². The molecular formula is C13H21N3O3. The van der Waals surface area contributed by atoms with E-state index in [2.05, 4.69) is 24.2 Å². The predicted molar refractivity (Wildman–Crippen MR) is 70.4 cm³/mol. The molecule has 1 fully saturated rings. The highest BCUT2D eigenvalue weighted by Gasteiger charge is 2.25. The first-order valence-electron chi connectivity index (χ1n) is 6.47. The third kappa shape index (κ3) is 3.15. The number of carbonyl (C=O) groups excluding carboxylic acids is 1. The van der Waals surface area contributed by atoms with E-state index < -0.39 is 5.91 Å². The number of furan rings is 1. The number of ether oxygens (including phenoxy) is 1. The lowest BCUT2D eigenvalue weighted by Gasteiger charge is -2.36. The second-order valence-electron chi connectivity index (χ2n) is 5.12. The van der Waals surface area contributed by atoms with Crippen LogP contribution >= 0.6 is 0 Å². The zero-order valence-electron chi connectivity index (χ0n) is 11.6. The van der Waals surface area contributed by atoms with E-state index in [1.807, 2.05) is 13.0 Å². The number of hydrazine groups is 1. The molecule has 1 aliphatic rings. The summed E-state index contributed by atoms with van der Waals surface area (Å²) < 4.78 is 11.2. The summed E-state index contributed by atoms with van der Waals surface area (Å²) >= 11 is 0. The summed E-state index contributed by atoms with van der Waals surface area (Å²) in [5, 5.41) is 0. The van der Waals surface area contributed by atoms with Gasteiger partial charge in [-0.15, -0.1) is 0 Å². The van der Waals surface area contributed by atoms with Crippen LogP contribution in [-0.4, -0.2) is 36.1 Å². The highest BCUT2D eigenvalue weighted by atomic mass is 16.5. The Morgan fingerprint density at radius 2 is 2.32 bits per heavy atom. The average molecular weight is 267 g/mol. The summed E-state index contributed by atoms with van der Waals surface area (Å²) in [7, 11) is 0. The molecule has 6 heteroatoms. The SMILES string of the molecule is Cc1cc(CN2CC(C)OCC2C)oc1C(=O)NN. The van der Waals surface area contributed by atoms with Crippen molar-refractivity contribution in [3.8, 4) is 0 Å². The zero-order chi connectivity index (χ0) is 14.0. The highest BCUT2D eigenvalue weighted by Crippen LogP contribution is 2.19. The monoisotopic (exact) mass is 267 g/mol. The minimum atomic E-state index is -0.396. The largest absolute Gasteiger partial charge is 0.454 e. The van der Waals surface area contributed by atoms with Crippen LogP contribution in [0.2, 0.25) is 0 Å². The van der Waals surface area contributed by atoms with E-state index in [-0.39, 0.29) is 11.9 Å². The number of nitrogens with zero attached hydrogens (tertiary/aromatic N) is 1. The van der Waals surface area contributed by atoms with Crippen molar-refractivity contribution in [3.63, 3.8) is 0 Å². The van der Waals surface area contributed by atoms with Gasteiger partial charge >= 0.3 is 5.91 Å². The van der Waals surface area contributed by atoms with Gasteiger partial charge in [-0.3, -0.25) is 15.1 Å². The molecule has 1 aromatic heterocycles. The van der Waals surface area contributed by atoms with Crippen LogP contribution in [-0.2, 0) is 11.3 Å². The molecule has 106 valence electrons. The minimum absolute atomic E-state index is 0.221. The lowest BCUT2D eigenvalue weighted by molar-refractivity contribution is -0.0546. The molecule has 0 spiro atoms. The Hall–Kier alpha value is -1.37. The molecule has 2 unspecified atom stereocenters. The van der Waals surface area contributed by atoms with Gasteiger partial charge < -0.3 is 9.15 Å². The van der Waals surface area contributed by atoms with Gasteiger partial charge in [-0.1, -0.05) is 0 Å². The van der Waals surface area contributed by atoms with Crippen LogP contribution in [0.5, 0.6) is 0 Å². The highest BCUT2D eigenvalue weighted by molar-refractivity contribution is 5.92. The average Bonchev–Trinajstić information content (AvgIpc) is 2.74. The zero-order valence-corrected chi connectivity index (χ0v) is 11.6. The molecule has 1 aromatic rings. The minimum Gasteiger partial charge on any atom is -0.454 e. The molecule has 0 saturated carbocycles. The molecule has 2 heterocycles. The second-order valence-corrected chi connectivity index (χ2v) is 5.12. The third-order valence-corrected chi connectivity index (χ3v) is 3.40. The molecule has 0 bridgehead atoms. The standard InChI is InChI=1S/C13H21N3O3/c1-8-4-11(19-12(8)13(17)15-14)6-16-5-10(3)18-7-9(16)2/h4,9-10H,5-7,14H2,1-3H3,(H,15,17). The number of morpholine rings is 1. The summed E-state index contributed by atoms with van der Waals surface area (Å²) in [6.07, 6.45) is 0.221. The van der Waals surface area contributed by atoms with Crippen molar-refractivity contribution < 1.29 is 13.9 Å². The molecular weight excluding hydrogens is 246 g/mol.